The molecule has 0 aliphatic carbocycles. The van der Waals surface area contributed by atoms with Crippen LogP contribution in [0.3, 0.4) is 0 Å². The van der Waals surface area contributed by atoms with Crippen molar-refractivity contribution in [3.63, 3.8) is 0 Å². The molecule has 0 fully saturated rings. The Balaban J connectivity index is -0.000000648. The molecule has 1 radical (unpaired) electrons. The molecule has 0 aromatic rings. The summed E-state index contributed by atoms with van der Waals surface area (Å²) in [6.07, 6.45) is -14.1. The van der Waals surface area contributed by atoms with Crippen LogP contribution in [0.25, 0.3) is 0 Å². The maximum absolute atomic E-state index is 12.8. The predicted molar refractivity (Wildman–Crippen MR) is 99.4 cm³/mol. The standard InChI is InChI=1S/2C10H10F7O2.Cu/c2*1-7(2,3)5(18)4-6(19)8(11,12)9(13,14)10(15,16)17;/h2*4H,1-3H3;/q2*-1;+2. The average molecular weight is 654 g/mol. The number of alkyl halides is 14. The molecular weight excluding hydrogens is 634 g/mol. The summed E-state index contributed by atoms with van der Waals surface area (Å²) in [5.41, 5.74) is -2.72. The average Bonchev–Trinajstić information content (AvgIpc) is 2.64. The van der Waals surface area contributed by atoms with Gasteiger partial charge in [-0.2, -0.15) is 61.5 Å². The van der Waals surface area contributed by atoms with Crippen LogP contribution in [0.5, 0.6) is 0 Å². The van der Waals surface area contributed by atoms with Crippen molar-refractivity contribution in [3.05, 3.63) is 12.8 Å². The van der Waals surface area contributed by atoms with Gasteiger partial charge in [0.05, 0.1) is 11.6 Å². The van der Waals surface area contributed by atoms with E-state index in [9.17, 15) is 80.6 Å². The Hall–Kier alpha value is -2.04. The van der Waals surface area contributed by atoms with Gasteiger partial charge in [-0.25, -0.2) is 0 Å². The molecule has 0 aliphatic rings. The van der Waals surface area contributed by atoms with Crippen LogP contribution in [0.1, 0.15) is 41.5 Å². The molecule has 233 valence electrons. The third-order valence-corrected chi connectivity index (χ3v) is 4.12. The molecule has 0 aromatic heterocycles. The Morgan fingerprint density at radius 3 is 0.718 bits per heavy atom. The van der Waals surface area contributed by atoms with E-state index in [2.05, 4.69) is 0 Å². The van der Waals surface area contributed by atoms with E-state index in [1.54, 1.807) is 0 Å². The monoisotopic (exact) mass is 653 g/mol. The normalized spacial score (nSPS) is 13.8. The largest absolute Gasteiger partial charge is 2.00 e. The van der Waals surface area contributed by atoms with Crippen LogP contribution in [0.2, 0.25) is 0 Å². The second kappa shape index (κ2) is 12.2. The maximum atomic E-state index is 12.8. The van der Waals surface area contributed by atoms with Crippen molar-refractivity contribution in [2.45, 2.75) is 77.6 Å². The summed E-state index contributed by atoms with van der Waals surface area (Å²) in [6, 6.07) is 0. The van der Waals surface area contributed by atoms with Crippen molar-refractivity contribution in [3.8, 4) is 0 Å². The smallest absolute Gasteiger partial charge is 0.333 e. The zero-order chi connectivity index (χ0) is 31.7. The fourth-order valence-corrected chi connectivity index (χ4v) is 1.52. The minimum Gasteiger partial charge on any atom is -0.333 e. The molecule has 0 heterocycles. The van der Waals surface area contributed by atoms with Crippen LogP contribution in [-0.2, 0) is 36.2 Å². The topological polar surface area (TPSA) is 68.3 Å². The number of halogens is 14. The van der Waals surface area contributed by atoms with E-state index in [-0.39, 0.29) is 17.1 Å². The van der Waals surface area contributed by atoms with Gasteiger partial charge in [-0.1, -0.05) is 41.5 Å². The van der Waals surface area contributed by atoms with Crippen molar-refractivity contribution in [2.24, 2.45) is 10.8 Å². The molecule has 39 heavy (non-hydrogen) atoms. The van der Waals surface area contributed by atoms with Crippen molar-refractivity contribution in [1.82, 2.24) is 0 Å². The first-order valence-corrected chi connectivity index (χ1v) is 9.62. The van der Waals surface area contributed by atoms with Crippen molar-refractivity contribution < 1.29 is 97.7 Å². The second-order valence-electron chi connectivity index (χ2n) is 9.54. The van der Waals surface area contributed by atoms with Gasteiger partial charge in [-0.15, -0.1) is 0 Å². The van der Waals surface area contributed by atoms with Crippen LogP contribution in [0.4, 0.5) is 61.5 Å². The van der Waals surface area contributed by atoms with Gasteiger partial charge in [0.25, 0.3) is 0 Å². The molecule has 0 rings (SSSR count). The van der Waals surface area contributed by atoms with E-state index in [0.29, 0.717) is 0 Å². The van der Waals surface area contributed by atoms with E-state index in [0.717, 1.165) is 0 Å². The van der Waals surface area contributed by atoms with Gasteiger partial charge >= 0.3 is 53.1 Å². The molecule has 0 spiro atoms. The van der Waals surface area contributed by atoms with E-state index in [1.807, 2.05) is 0 Å². The minimum atomic E-state index is -6.61. The number of Topliss-reactive ketones (excluding diaryl/α,β-unsaturated/α-hetero) is 4. The van der Waals surface area contributed by atoms with Gasteiger partial charge in [-0.3, -0.25) is 12.8 Å². The molecule has 0 N–H and O–H groups in total. The summed E-state index contributed by atoms with van der Waals surface area (Å²) in [6.45, 7) is 7.08. The van der Waals surface area contributed by atoms with E-state index in [4.69, 9.17) is 0 Å². The van der Waals surface area contributed by atoms with Crippen LogP contribution in [0.15, 0.2) is 0 Å². The van der Waals surface area contributed by atoms with Crippen LogP contribution >= 0.6 is 0 Å². The Kier molecular flexibility index (Phi) is 13.0. The molecule has 0 aromatic carbocycles. The summed E-state index contributed by atoms with van der Waals surface area (Å²) in [5.74, 6) is -33.5. The van der Waals surface area contributed by atoms with Crippen LogP contribution in [0, 0.1) is 23.7 Å². The van der Waals surface area contributed by atoms with E-state index < -0.39 is 82.8 Å². The van der Waals surface area contributed by atoms with Crippen molar-refractivity contribution in [1.29, 1.82) is 0 Å². The van der Waals surface area contributed by atoms with E-state index in [1.165, 1.54) is 41.5 Å². The number of hydrogen-bond acceptors (Lipinski definition) is 4. The minimum absolute atomic E-state index is 0. The second-order valence-corrected chi connectivity index (χ2v) is 9.54. The molecule has 4 nitrogen and oxygen atoms in total. The van der Waals surface area contributed by atoms with Gasteiger partial charge in [0.15, 0.2) is 0 Å². The Labute approximate surface area is 222 Å². The van der Waals surface area contributed by atoms with E-state index >= 15 is 0 Å². The van der Waals surface area contributed by atoms with Crippen LogP contribution in [-0.4, -0.2) is 59.2 Å². The first kappa shape index (κ1) is 41.4. The zero-order valence-corrected chi connectivity index (χ0v) is 21.3. The number of rotatable bonds is 8. The third kappa shape index (κ3) is 9.53. The summed E-state index contributed by atoms with van der Waals surface area (Å²) < 4.78 is 172. The molecule has 0 amide bonds. The molecule has 0 unspecified atom stereocenters. The number of ketones is 4. The zero-order valence-electron chi connectivity index (χ0n) is 20.4. The van der Waals surface area contributed by atoms with Gasteiger partial charge in [0, 0.05) is 11.6 Å². The molecule has 0 saturated heterocycles. The predicted octanol–water partition coefficient (Wildman–Crippen LogP) is 6.41. The summed E-state index contributed by atoms with van der Waals surface area (Å²) in [4.78, 5) is 43.9. The van der Waals surface area contributed by atoms with Gasteiger partial charge < -0.3 is 19.2 Å². The number of carbonyl (C=O) groups excluding carboxylic acids is 4. The fraction of sp³-hybridized carbons (Fsp3) is 0.700. The number of carbonyl (C=O) groups is 4. The molecule has 0 saturated carbocycles. The molecular formula is C20H20CuF14O4. The van der Waals surface area contributed by atoms with Gasteiger partial charge in [0.1, 0.15) is 0 Å². The quantitative estimate of drug-likeness (QED) is 0.131. The SMILES string of the molecule is CC(C)(C)C(=O)[CH-]C(=O)C(F)(F)C(F)(F)C(F)(F)F.CC(C)(C)C(=O)[CH-]C(=O)C(F)(F)C(F)(F)C(F)(F)F.[Cu+2]. The summed E-state index contributed by atoms with van der Waals surface area (Å²) in [5, 5.41) is 0. The molecule has 0 atom stereocenters. The van der Waals surface area contributed by atoms with Crippen LogP contribution < -0.4 is 0 Å². The molecule has 0 aliphatic heterocycles. The summed E-state index contributed by atoms with van der Waals surface area (Å²) >= 11 is 0. The van der Waals surface area contributed by atoms with Gasteiger partial charge in [0.2, 0.25) is 0 Å². The third-order valence-electron chi connectivity index (χ3n) is 4.12. The first-order chi connectivity index (χ1) is 16.1. The van der Waals surface area contributed by atoms with Crippen molar-refractivity contribution in [2.75, 3.05) is 0 Å². The maximum Gasteiger partial charge on any atom is 2.00 e. The van der Waals surface area contributed by atoms with Crippen molar-refractivity contribution >= 4 is 23.1 Å². The Morgan fingerprint density at radius 1 is 0.410 bits per heavy atom. The first-order valence-electron chi connectivity index (χ1n) is 9.62. The number of hydrogen-bond donors (Lipinski definition) is 0. The Bertz CT molecular complexity index is 833. The summed E-state index contributed by atoms with van der Waals surface area (Å²) in [7, 11) is 0. The molecule has 19 heteroatoms. The molecule has 0 bridgehead atoms. The van der Waals surface area contributed by atoms with Gasteiger partial charge in [-0.05, 0) is 10.8 Å². The fourth-order valence-electron chi connectivity index (χ4n) is 1.52. The Morgan fingerprint density at radius 2 is 0.590 bits per heavy atom.